The van der Waals surface area contributed by atoms with Gasteiger partial charge in [-0.25, -0.2) is 18.1 Å². The van der Waals surface area contributed by atoms with Gasteiger partial charge >= 0.3 is 0 Å². The Balaban J connectivity index is 1.44. The minimum Gasteiger partial charge on any atom is -0.336 e. The van der Waals surface area contributed by atoms with Gasteiger partial charge in [0.2, 0.25) is 10.0 Å². The van der Waals surface area contributed by atoms with Crippen molar-refractivity contribution in [3.63, 3.8) is 0 Å². The largest absolute Gasteiger partial charge is 0.336 e. The van der Waals surface area contributed by atoms with Gasteiger partial charge in [-0.1, -0.05) is 43.3 Å². The summed E-state index contributed by atoms with van der Waals surface area (Å²) >= 11 is 0. The molecule has 1 fully saturated rings. The normalized spacial score (nSPS) is 15.3. The molecule has 0 atom stereocenters. The van der Waals surface area contributed by atoms with Crippen molar-refractivity contribution in [2.75, 3.05) is 26.2 Å². The highest BCUT2D eigenvalue weighted by molar-refractivity contribution is 7.92. The number of amides is 1. The Bertz CT molecular complexity index is 1200. The molecule has 166 valence electrons. The van der Waals surface area contributed by atoms with Crippen LogP contribution >= 0.6 is 0 Å². The standard InChI is InChI=1S/C23H25N5O3S/c1-2-21-20(18-25-28(21)22-10-6-7-12-24-22)23(29)26-13-15-27(16-14-26)32(30,31)17-11-19-8-4-3-5-9-19/h3-12,17-18H,2,13-16H2,1H3/b17-11+. The molecule has 0 aliphatic carbocycles. The van der Waals surface area contributed by atoms with Gasteiger partial charge in [-0.05, 0) is 30.2 Å². The van der Waals surface area contributed by atoms with Crippen LogP contribution in [0.4, 0.5) is 0 Å². The van der Waals surface area contributed by atoms with Gasteiger partial charge in [-0.3, -0.25) is 4.79 Å². The first kappa shape index (κ1) is 21.9. The fourth-order valence-corrected chi connectivity index (χ4v) is 4.87. The number of pyridine rings is 1. The summed E-state index contributed by atoms with van der Waals surface area (Å²) in [5, 5.41) is 5.60. The number of hydrogen-bond donors (Lipinski definition) is 0. The van der Waals surface area contributed by atoms with Gasteiger partial charge in [0.25, 0.3) is 5.91 Å². The molecule has 4 rings (SSSR count). The first-order valence-corrected chi connectivity index (χ1v) is 12.0. The Morgan fingerprint density at radius 3 is 2.41 bits per heavy atom. The highest BCUT2D eigenvalue weighted by atomic mass is 32.2. The zero-order chi connectivity index (χ0) is 22.6. The number of piperazine rings is 1. The van der Waals surface area contributed by atoms with E-state index in [-0.39, 0.29) is 19.0 Å². The van der Waals surface area contributed by atoms with Crippen molar-refractivity contribution in [3.05, 3.63) is 83.2 Å². The first-order valence-electron chi connectivity index (χ1n) is 10.5. The predicted octanol–water partition coefficient (Wildman–Crippen LogP) is 2.59. The van der Waals surface area contributed by atoms with Gasteiger partial charge in [0, 0.05) is 37.8 Å². The van der Waals surface area contributed by atoms with E-state index in [1.165, 1.54) is 9.71 Å². The van der Waals surface area contributed by atoms with E-state index in [1.54, 1.807) is 28.1 Å². The number of hydrogen-bond acceptors (Lipinski definition) is 5. The molecule has 3 aromatic rings. The van der Waals surface area contributed by atoms with Gasteiger partial charge in [0.15, 0.2) is 5.82 Å². The molecule has 1 aliphatic heterocycles. The fraction of sp³-hybridized carbons (Fsp3) is 0.261. The van der Waals surface area contributed by atoms with Crippen molar-refractivity contribution in [2.45, 2.75) is 13.3 Å². The molecule has 0 N–H and O–H groups in total. The molecule has 0 unspecified atom stereocenters. The maximum absolute atomic E-state index is 13.2. The molecule has 1 amide bonds. The van der Waals surface area contributed by atoms with Crippen molar-refractivity contribution in [1.82, 2.24) is 24.0 Å². The van der Waals surface area contributed by atoms with Crippen LogP contribution in [0.2, 0.25) is 0 Å². The van der Waals surface area contributed by atoms with E-state index in [1.807, 2.05) is 55.5 Å². The van der Waals surface area contributed by atoms with E-state index in [2.05, 4.69) is 10.1 Å². The number of benzene rings is 1. The number of carbonyl (C=O) groups excluding carboxylic acids is 1. The third kappa shape index (κ3) is 4.63. The number of rotatable bonds is 6. The molecule has 0 saturated carbocycles. The third-order valence-electron chi connectivity index (χ3n) is 5.42. The van der Waals surface area contributed by atoms with Gasteiger partial charge in [0.1, 0.15) is 0 Å². The van der Waals surface area contributed by atoms with Crippen LogP contribution in [0.15, 0.2) is 66.3 Å². The molecule has 3 heterocycles. The highest BCUT2D eigenvalue weighted by Crippen LogP contribution is 2.18. The summed E-state index contributed by atoms with van der Waals surface area (Å²) in [6.45, 7) is 3.13. The summed E-state index contributed by atoms with van der Waals surface area (Å²) in [5.74, 6) is 0.519. The van der Waals surface area contributed by atoms with Gasteiger partial charge in [-0.2, -0.15) is 9.40 Å². The SMILES string of the molecule is CCc1c(C(=O)N2CCN(S(=O)(=O)/C=C/c3ccccc3)CC2)cnn1-c1ccccn1. The smallest absolute Gasteiger partial charge is 0.257 e. The van der Waals surface area contributed by atoms with E-state index < -0.39 is 10.0 Å². The van der Waals surface area contributed by atoms with Crippen LogP contribution in [-0.2, 0) is 16.4 Å². The Morgan fingerprint density at radius 2 is 1.75 bits per heavy atom. The lowest BCUT2D eigenvalue weighted by Gasteiger charge is -2.33. The highest BCUT2D eigenvalue weighted by Gasteiger charge is 2.29. The van der Waals surface area contributed by atoms with Crippen molar-refractivity contribution in [3.8, 4) is 5.82 Å². The van der Waals surface area contributed by atoms with Crippen molar-refractivity contribution < 1.29 is 13.2 Å². The minimum atomic E-state index is -3.55. The van der Waals surface area contributed by atoms with E-state index in [9.17, 15) is 13.2 Å². The summed E-state index contributed by atoms with van der Waals surface area (Å²) in [4.78, 5) is 19.2. The Labute approximate surface area is 187 Å². The second-order valence-electron chi connectivity index (χ2n) is 7.41. The Hall–Kier alpha value is -3.30. The molecule has 0 bridgehead atoms. The molecular weight excluding hydrogens is 426 g/mol. The monoisotopic (exact) mass is 451 g/mol. The average Bonchev–Trinajstić information content (AvgIpc) is 3.28. The van der Waals surface area contributed by atoms with Crippen molar-refractivity contribution in [1.29, 1.82) is 0 Å². The molecular formula is C23H25N5O3S. The summed E-state index contributed by atoms with van der Waals surface area (Å²) in [6.07, 6.45) is 5.47. The van der Waals surface area contributed by atoms with Crippen LogP contribution in [0.1, 0.15) is 28.5 Å². The molecule has 0 spiro atoms. The van der Waals surface area contributed by atoms with Crippen LogP contribution in [-0.4, -0.2) is 64.5 Å². The summed E-state index contributed by atoms with van der Waals surface area (Å²) in [6, 6.07) is 14.8. The van der Waals surface area contributed by atoms with E-state index >= 15 is 0 Å². The van der Waals surface area contributed by atoms with Crippen LogP contribution < -0.4 is 0 Å². The lowest BCUT2D eigenvalue weighted by molar-refractivity contribution is 0.0697. The molecule has 2 aromatic heterocycles. The Morgan fingerprint density at radius 1 is 1.03 bits per heavy atom. The molecule has 0 radical (unpaired) electrons. The van der Waals surface area contributed by atoms with Gasteiger partial charge < -0.3 is 4.90 Å². The third-order valence-corrected chi connectivity index (χ3v) is 6.98. The number of aromatic nitrogens is 3. The number of nitrogens with zero attached hydrogens (tertiary/aromatic N) is 5. The maximum atomic E-state index is 13.2. The molecule has 1 aromatic carbocycles. The number of sulfonamides is 1. The summed E-state index contributed by atoms with van der Waals surface area (Å²) < 4.78 is 28.5. The zero-order valence-corrected chi connectivity index (χ0v) is 18.6. The van der Waals surface area contributed by atoms with E-state index in [0.29, 0.717) is 30.9 Å². The number of carbonyl (C=O) groups is 1. The fourth-order valence-electron chi connectivity index (χ4n) is 3.70. The molecule has 1 saturated heterocycles. The first-order chi connectivity index (χ1) is 15.5. The molecule has 9 heteroatoms. The van der Waals surface area contributed by atoms with Gasteiger partial charge in [0.05, 0.1) is 17.5 Å². The van der Waals surface area contributed by atoms with Crippen molar-refractivity contribution in [2.24, 2.45) is 0 Å². The second kappa shape index (κ2) is 9.46. The Kier molecular flexibility index (Phi) is 6.48. The van der Waals surface area contributed by atoms with Crippen LogP contribution in [0.3, 0.4) is 0 Å². The zero-order valence-electron chi connectivity index (χ0n) is 17.8. The van der Waals surface area contributed by atoms with Crippen molar-refractivity contribution >= 4 is 22.0 Å². The van der Waals surface area contributed by atoms with Gasteiger partial charge in [-0.15, -0.1) is 0 Å². The lowest BCUT2D eigenvalue weighted by Crippen LogP contribution is -2.50. The van der Waals surface area contributed by atoms with Crippen LogP contribution in [0.25, 0.3) is 11.9 Å². The van der Waals surface area contributed by atoms with E-state index in [0.717, 1.165) is 11.3 Å². The lowest BCUT2D eigenvalue weighted by atomic mass is 10.1. The quantitative estimate of drug-likeness (QED) is 0.575. The van der Waals surface area contributed by atoms with E-state index in [4.69, 9.17) is 0 Å². The average molecular weight is 452 g/mol. The molecule has 8 nitrogen and oxygen atoms in total. The predicted molar refractivity (Wildman–Crippen MR) is 123 cm³/mol. The second-order valence-corrected chi connectivity index (χ2v) is 9.23. The topological polar surface area (TPSA) is 88.4 Å². The summed E-state index contributed by atoms with van der Waals surface area (Å²) in [5.41, 5.74) is 2.13. The summed E-state index contributed by atoms with van der Waals surface area (Å²) in [7, 11) is -3.55. The minimum absolute atomic E-state index is 0.138. The van der Waals surface area contributed by atoms with Crippen LogP contribution in [0, 0.1) is 0 Å². The molecule has 1 aliphatic rings. The van der Waals surface area contributed by atoms with Crippen LogP contribution in [0.5, 0.6) is 0 Å². The molecule has 32 heavy (non-hydrogen) atoms. The maximum Gasteiger partial charge on any atom is 0.257 e.